The summed E-state index contributed by atoms with van der Waals surface area (Å²) in [7, 11) is 0. The molecule has 2 amide bonds. The molecule has 0 radical (unpaired) electrons. The quantitative estimate of drug-likeness (QED) is 0.626. The highest BCUT2D eigenvalue weighted by Crippen LogP contribution is 2.37. The van der Waals surface area contributed by atoms with Gasteiger partial charge in [-0.2, -0.15) is 5.26 Å². The first-order valence-corrected chi connectivity index (χ1v) is 9.94. The van der Waals surface area contributed by atoms with Crippen molar-refractivity contribution >= 4 is 58.2 Å². The van der Waals surface area contributed by atoms with Crippen molar-refractivity contribution < 1.29 is 24.2 Å². The molecule has 0 unspecified atom stereocenters. The molecule has 30 heavy (non-hydrogen) atoms. The summed E-state index contributed by atoms with van der Waals surface area (Å²) in [5, 5.41) is 17.6. The zero-order valence-corrected chi connectivity index (χ0v) is 17.4. The maximum atomic E-state index is 12.7. The molecular formula is C20H12Cl2N2O5S. The standard InChI is InChI=1S/C20H12Cl2N2O5S/c21-14-5-11(6-15(22)18(14)29-10-17(25)26)7-16-19(27)24(20(28)30-16)9-13-4-2-1-3-12(13)8-23/h1-7H,9-10H2,(H,25,26). The molecule has 1 heterocycles. The number of rotatable bonds is 6. The number of nitrogens with zero attached hydrogens (tertiary/aromatic N) is 2. The largest absolute Gasteiger partial charge is 0.479 e. The fourth-order valence-electron chi connectivity index (χ4n) is 2.66. The lowest BCUT2D eigenvalue weighted by atomic mass is 10.1. The lowest BCUT2D eigenvalue weighted by molar-refractivity contribution is -0.139. The van der Waals surface area contributed by atoms with E-state index in [-0.39, 0.29) is 27.2 Å². The molecule has 1 fully saturated rings. The van der Waals surface area contributed by atoms with Crippen molar-refractivity contribution in [2.75, 3.05) is 6.61 Å². The molecule has 0 spiro atoms. The monoisotopic (exact) mass is 462 g/mol. The summed E-state index contributed by atoms with van der Waals surface area (Å²) in [6.45, 7) is -0.628. The van der Waals surface area contributed by atoms with Crippen molar-refractivity contribution in [1.82, 2.24) is 4.90 Å². The Hall–Kier alpha value is -2.99. The lowest BCUT2D eigenvalue weighted by Crippen LogP contribution is -2.27. The Balaban J connectivity index is 1.83. The van der Waals surface area contributed by atoms with Crippen LogP contribution in [0.25, 0.3) is 6.08 Å². The van der Waals surface area contributed by atoms with E-state index in [0.29, 0.717) is 16.7 Å². The number of hydrogen-bond acceptors (Lipinski definition) is 6. The molecule has 1 N–H and O–H groups in total. The number of benzene rings is 2. The minimum absolute atomic E-state index is 0.0131. The number of nitriles is 1. The van der Waals surface area contributed by atoms with E-state index in [1.165, 1.54) is 18.2 Å². The number of hydrogen-bond donors (Lipinski definition) is 1. The van der Waals surface area contributed by atoms with Gasteiger partial charge in [0.25, 0.3) is 11.1 Å². The van der Waals surface area contributed by atoms with Crippen molar-refractivity contribution in [3.63, 3.8) is 0 Å². The molecule has 2 aromatic rings. The molecule has 0 saturated carbocycles. The van der Waals surface area contributed by atoms with E-state index >= 15 is 0 Å². The van der Waals surface area contributed by atoms with Gasteiger partial charge in [0.2, 0.25) is 0 Å². The molecule has 1 aliphatic rings. The van der Waals surface area contributed by atoms with Gasteiger partial charge in [0.15, 0.2) is 12.4 Å². The van der Waals surface area contributed by atoms with Gasteiger partial charge in [0.05, 0.1) is 33.1 Å². The van der Waals surface area contributed by atoms with E-state index in [1.807, 2.05) is 6.07 Å². The van der Waals surface area contributed by atoms with Gasteiger partial charge < -0.3 is 9.84 Å². The number of carbonyl (C=O) groups excluding carboxylic acids is 2. The van der Waals surface area contributed by atoms with Gasteiger partial charge in [-0.25, -0.2) is 4.79 Å². The second-order valence-electron chi connectivity index (χ2n) is 6.03. The zero-order valence-electron chi connectivity index (χ0n) is 15.1. The predicted octanol–water partition coefficient (Wildman–Crippen LogP) is 4.56. The number of imide groups is 1. The van der Waals surface area contributed by atoms with Gasteiger partial charge in [-0.1, -0.05) is 41.4 Å². The van der Waals surface area contributed by atoms with Gasteiger partial charge in [-0.3, -0.25) is 14.5 Å². The molecule has 10 heteroatoms. The Bertz CT molecular complexity index is 1100. The van der Waals surface area contributed by atoms with Crippen LogP contribution in [-0.4, -0.2) is 33.7 Å². The van der Waals surface area contributed by atoms with Crippen LogP contribution in [0.3, 0.4) is 0 Å². The minimum atomic E-state index is -1.18. The number of carboxylic acids is 1. The van der Waals surface area contributed by atoms with E-state index in [2.05, 4.69) is 0 Å². The number of carboxylic acid groups (broad SMARTS) is 1. The van der Waals surface area contributed by atoms with Crippen LogP contribution in [0.4, 0.5) is 4.79 Å². The summed E-state index contributed by atoms with van der Waals surface area (Å²) >= 11 is 13.0. The normalized spacial score (nSPS) is 14.8. The van der Waals surface area contributed by atoms with Gasteiger partial charge in [-0.15, -0.1) is 0 Å². The molecular weight excluding hydrogens is 451 g/mol. The Morgan fingerprint density at radius 3 is 2.53 bits per heavy atom. The van der Waals surface area contributed by atoms with Crippen LogP contribution in [0.2, 0.25) is 10.0 Å². The molecule has 1 saturated heterocycles. The molecule has 1 aliphatic heterocycles. The zero-order chi connectivity index (χ0) is 21.8. The molecule has 2 aromatic carbocycles. The Labute approximate surface area is 185 Å². The highest BCUT2D eigenvalue weighted by atomic mass is 35.5. The lowest BCUT2D eigenvalue weighted by Gasteiger charge is -2.13. The fraction of sp³-hybridized carbons (Fsp3) is 0.100. The van der Waals surface area contributed by atoms with Gasteiger partial charge in [0.1, 0.15) is 0 Å². The van der Waals surface area contributed by atoms with E-state index < -0.39 is 23.7 Å². The van der Waals surface area contributed by atoms with Gasteiger partial charge in [-0.05, 0) is 47.2 Å². The Kier molecular flexibility index (Phi) is 6.67. The molecule has 0 aliphatic carbocycles. The molecule has 0 aromatic heterocycles. The number of thioether (sulfide) groups is 1. The van der Waals surface area contributed by atoms with Crippen molar-refractivity contribution in [3.05, 3.63) is 68.0 Å². The molecule has 0 atom stereocenters. The van der Waals surface area contributed by atoms with E-state index in [9.17, 15) is 19.6 Å². The Morgan fingerprint density at radius 1 is 1.23 bits per heavy atom. The topological polar surface area (TPSA) is 108 Å². The van der Waals surface area contributed by atoms with E-state index in [1.54, 1.807) is 24.3 Å². The van der Waals surface area contributed by atoms with Crippen LogP contribution in [0.1, 0.15) is 16.7 Å². The van der Waals surface area contributed by atoms with Crippen molar-refractivity contribution in [3.8, 4) is 11.8 Å². The van der Waals surface area contributed by atoms with Crippen LogP contribution < -0.4 is 4.74 Å². The van der Waals surface area contributed by atoms with Crippen LogP contribution in [0.15, 0.2) is 41.3 Å². The van der Waals surface area contributed by atoms with Crippen molar-refractivity contribution in [2.45, 2.75) is 6.54 Å². The maximum Gasteiger partial charge on any atom is 0.341 e. The summed E-state index contributed by atoms with van der Waals surface area (Å²) < 4.78 is 5.05. The third-order valence-corrected chi connectivity index (χ3v) is 5.47. The average molecular weight is 463 g/mol. The minimum Gasteiger partial charge on any atom is -0.479 e. The Morgan fingerprint density at radius 2 is 1.90 bits per heavy atom. The summed E-state index contributed by atoms with van der Waals surface area (Å²) in [6, 6.07) is 11.7. The van der Waals surface area contributed by atoms with E-state index in [0.717, 1.165) is 16.7 Å². The third-order valence-electron chi connectivity index (χ3n) is 4.00. The number of halogens is 2. The van der Waals surface area contributed by atoms with Crippen LogP contribution in [0, 0.1) is 11.3 Å². The maximum absolute atomic E-state index is 12.7. The first-order valence-electron chi connectivity index (χ1n) is 8.37. The fourth-order valence-corrected chi connectivity index (χ4v) is 4.11. The second kappa shape index (κ2) is 9.22. The first-order chi connectivity index (χ1) is 14.3. The summed E-state index contributed by atoms with van der Waals surface area (Å²) in [5.41, 5.74) is 1.39. The molecule has 7 nitrogen and oxygen atoms in total. The summed E-state index contributed by atoms with van der Waals surface area (Å²) in [4.78, 5) is 36.9. The average Bonchev–Trinajstić information content (AvgIpc) is 2.95. The number of ether oxygens (including phenoxy) is 1. The molecule has 152 valence electrons. The molecule has 0 bridgehead atoms. The highest BCUT2D eigenvalue weighted by molar-refractivity contribution is 8.18. The van der Waals surface area contributed by atoms with E-state index in [4.69, 9.17) is 33.0 Å². The SMILES string of the molecule is N#Cc1ccccc1CN1C(=O)SC(=Cc2cc(Cl)c(OCC(=O)O)c(Cl)c2)C1=O. The number of aliphatic carboxylic acids is 1. The third kappa shape index (κ3) is 4.76. The smallest absolute Gasteiger partial charge is 0.341 e. The highest BCUT2D eigenvalue weighted by Gasteiger charge is 2.35. The first kappa shape index (κ1) is 21.7. The van der Waals surface area contributed by atoms with Gasteiger partial charge >= 0.3 is 5.97 Å². The van der Waals surface area contributed by atoms with Crippen LogP contribution in [-0.2, 0) is 16.1 Å². The number of amides is 2. The van der Waals surface area contributed by atoms with Crippen LogP contribution >= 0.6 is 35.0 Å². The van der Waals surface area contributed by atoms with Crippen LogP contribution in [0.5, 0.6) is 5.75 Å². The predicted molar refractivity (Wildman–Crippen MR) is 112 cm³/mol. The van der Waals surface area contributed by atoms with Crippen molar-refractivity contribution in [2.24, 2.45) is 0 Å². The van der Waals surface area contributed by atoms with Crippen molar-refractivity contribution in [1.29, 1.82) is 5.26 Å². The van der Waals surface area contributed by atoms with Gasteiger partial charge in [0, 0.05) is 0 Å². The summed E-state index contributed by atoms with van der Waals surface area (Å²) in [5.74, 6) is -1.67. The summed E-state index contributed by atoms with van der Waals surface area (Å²) in [6.07, 6.45) is 1.46. The second-order valence-corrected chi connectivity index (χ2v) is 7.84. The molecule has 3 rings (SSSR count). The number of carbonyl (C=O) groups is 3.